The zero-order valence-electron chi connectivity index (χ0n) is 17.2. The van der Waals surface area contributed by atoms with Crippen molar-refractivity contribution >= 4 is 6.03 Å². The van der Waals surface area contributed by atoms with Crippen molar-refractivity contribution in [2.45, 2.75) is 57.9 Å². The Hall–Kier alpha value is -2.30. The van der Waals surface area contributed by atoms with E-state index in [0.717, 1.165) is 18.9 Å². The third kappa shape index (κ3) is 3.94. The number of benzene rings is 1. The quantitative estimate of drug-likeness (QED) is 0.784. The molecule has 0 saturated heterocycles. The van der Waals surface area contributed by atoms with E-state index in [-0.39, 0.29) is 11.9 Å². The van der Waals surface area contributed by atoms with Gasteiger partial charge in [-0.1, -0.05) is 49.9 Å². The lowest BCUT2D eigenvalue weighted by Crippen LogP contribution is -2.44. The molecule has 1 aliphatic carbocycles. The van der Waals surface area contributed by atoms with Crippen molar-refractivity contribution in [3.63, 3.8) is 0 Å². The van der Waals surface area contributed by atoms with Crippen LogP contribution in [0.15, 0.2) is 30.5 Å². The van der Waals surface area contributed by atoms with Crippen molar-refractivity contribution in [2.75, 3.05) is 13.1 Å². The minimum absolute atomic E-state index is 0.0625. The second-order valence-electron chi connectivity index (χ2n) is 8.47. The number of rotatable bonds is 5. The summed E-state index contributed by atoms with van der Waals surface area (Å²) >= 11 is 0. The summed E-state index contributed by atoms with van der Waals surface area (Å²) in [6.45, 7) is 4.27. The highest BCUT2D eigenvalue weighted by molar-refractivity contribution is 5.75. The number of carbonyl (C=O) groups is 1. The molecule has 1 fully saturated rings. The molecule has 0 radical (unpaired) electrons. The van der Waals surface area contributed by atoms with Gasteiger partial charge >= 0.3 is 6.03 Å². The van der Waals surface area contributed by atoms with E-state index in [4.69, 9.17) is 0 Å². The van der Waals surface area contributed by atoms with Gasteiger partial charge in [-0.3, -0.25) is 4.68 Å². The molecule has 2 aromatic rings. The molecule has 1 aliphatic heterocycles. The maximum atomic E-state index is 12.9. The monoisotopic (exact) mass is 380 g/mol. The van der Waals surface area contributed by atoms with Crippen LogP contribution in [0.25, 0.3) is 0 Å². The third-order valence-corrected chi connectivity index (χ3v) is 6.67. The molecular weight excluding hydrogens is 348 g/mol. The summed E-state index contributed by atoms with van der Waals surface area (Å²) in [4.78, 5) is 14.8. The first-order valence-electron chi connectivity index (χ1n) is 10.7. The lowest BCUT2D eigenvalue weighted by atomic mass is 9.85. The van der Waals surface area contributed by atoms with E-state index in [1.165, 1.54) is 54.5 Å². The molecule has 2 heterocycles. The van der Waals surface area contributed by atoms with Crippen LogP contribution in [-0.4, -0.2) is 33.8 Å². The Morgan fingerprint density at radius 1 is 1.21 bits per heavy atom. The highest BCUT2D eigenvalue weighted by atomic mass is 16.2. The van der Waals surface area contributed by atoms with Gasteiger partial charge in [-0.05, 0) is 36.8 Å². The summed E-state index contributed by atoms with van der Waals surface area (Å²) in [5.41, 5.74) is 4.94. The number of fused-ring (bicyclic) bond motifs is 1. The number of urea groups is 1. The lowest BCUT2D eigenvalue weighted by molar-refractivity contribution is 0.188. The Morgan fingerprint density at radius 2 is 2.00 bits per heavy atom. The minimum atomic E-state index is 0.0625. The second-order valence-corrected chi connectivity index (χ2v) is 8.47. The first-order valence-corrected chi connectivity index (χ1v) is 10.7. The molecule has 28 heavy (non-hydrogen) atoms. The average molecular weight is 381 g/mol. The van der Waals surface area contributed by atoms with Gasteiger partial charge in [-0.2, -0.15) is 5.10 Å². The molecule has 1 unspecified atom stereocenters. The number of aryl methyl sites for hydroxylation is 1. The van der Waals surface area contributed by atoms with Crippen LogP contribution in [0.3, 0.4) is 0 Å². The summed E-state index contributed by atoms with van der Waals surface area (Å²) in [7, 11) is 1.97. The van der Waals surface area contributed by atoms with Crippen LogP contribution in [0.1, 0.15) is 66.8 Å². The Kier molecular flexibility index (Phi) is 5.69. The highest BCUT2D eigenvalue weighted by Crippen LogP contribution is 2.34. The van der Waals surface area contributed by atoms with Gasteiger partial charge in [0.25, 0.3) is 0 Å². The van der Waals surface area contributed by atoms with Crippen LogP contribution in [0.2, 0.25) is 0 Å². The summed E-state index contributed by atoms with van der Waals surface area (Å²) in [6.07, 6.45) is 9.83. The van der Waals surface area contributed by atoms with Crippen LogP contribution in [0, 0.1) is 12.8 Å². The molecule has 1 atom stereocenters. The van der Waals surface area contributed by atoms with Crippen molar-refractivity contribution in [3.05, 3.63) is 52.8 Å². The first kappa shape index (κ1) is 19.0. The Balaban J connectivity index is 1.42. The van der Waals surface area contributed by atoms with E-state index in [1.54, 1.807) is 0 Å². The number of nitrogens with zero attached hydrogens (tertiary/aromatic N) is 3. The molecule has 2 amide bonds. The maximum absolute atomic E-state index is 12.9. The predicted octanol–water partition coefficient (Wildman–Crippen LogP) is 4.36. The van der Waals surface area contributed by atoms with Crippen molar-refractivity contribution in [3.8, 4) is 0 Å². The molecule has 5 heteroatoms. The lowest BCUT2D eigenvalue weighted by Gasteiger charge is -2.35. The van der Waals surface area contributed by atoms with Gasteiger partial charge in [-0.15, -0.1) is 0 Å². The zero-order chi connectivity index (χ0) is 19.5. The first-order chi connectivity index (χ1) is 13.6. The van der Waals surface area contributed by atoms with E-state index in [1.807, 2.05) is 22.8 Å². The van der Waals surface area contributed by atoms with E-state index in [2.05, 4.69) is 41.6 Å². The number of hydrogen-bond donors (Lipinski definition) is 1. The predicted molar refractivity (Wildman–Crippen MR) is 111 cm³/mol. The van der Waals surface area contributed by atoms with Gasteiger partial charge in [-0.25, -0.2) is 4.79 Å². The molecule has 1 aromatic heterocycles. The van der Waals surface area contributed by atoms with E-state index in [0.29, 0.717) is 13.1 Å². The molecular formula is C23H32N4O. The number of hydrogen-bond acceptors (Lipinski definition) is 2. The van der Waals surface area contributed by atoms with Crippen LogP contribution in [0.5, 0.6) is 0 Å². The summed E-state index contributed by atoms with van der Waals surface area (Å²) in [6, 6.07) is 8.56. The van der Waals surface area contributed by atoms with Crippen LogP contribution in [-0.2, 0) is 13.6 Å². The highest BCUT2D eigenvalue weighted by Gasteiger charge is 2.30. The largest absolute Gasteiger partial charge is 0.338 e. The van der Waals surface area contributed by atoms with Gasteiger partial charge in [0.2, 0.25) is 0 Å². The molecule has 0 spiro atoms. The normalized spacial score (nSPS) is 19.6. The molecule has 2 aliphatic rings. The molecule has 4 rings (SSSR count). The standard InChI is InChI=1S/C23H32N4O/c1-17-21(14-25-26(17)2)22-16-27(15-19-11-5-6-12-20(19)22)23(28)24-13-7-10-18-8-3-4-9-18/h5-6,11-12,14,18,22H,3-4,7-10,13,15-16H2,1-2H3,(H,24,28). The van der Waals surface area contributed by atoms with Gasteiger partial charge in [0.05, 0.1) is 6.20 Å². The molecule has 1 N–H and O–H groups in total. The fourth-order valence-corrected chi connectivity index (χ4v) is 4.88. The molecule has 5 nitrogen and oxygen atoms in total. The van der Waals surface area contributed by atoms with Gasteiger partial charge in [0.15, 0.2) is 0 Å². The van der Waals surface area contributed by atoms with Crippen LogP contribution >= 0.6 is 0 Å². The molecule has 0 bridgehead atoms. The average Bonchev–Trinajstić information content (AvgIpc) is 3.35. The molecule has 150 valence electrons. The fourth-order valence-electron chi connectivity index (χ4n) is 4.88. The number of aromatic nitrogens is 2. The van der Waals surface area contributed by atoms with Crippen LogP contribution < -0.4 is 5.32 Å². The van der Waals surface area contributed by atoms with E-state index in [9.17, 15) is 4.79 Å². The third-order valence-electron chi connectivity index (χ3n) is 6.67. The summed E-state index contributed by atoms with van der Waals surface area (Å²) < 4.78 is 1.92. The number of carbonyl (C=O) groups excluding carboxylic acids is 1. The number of amides is 2. The van der Waals surface area contributed by atoms with E-state index >= 15 is 0 Å². The maximum Gasteiger partial charge on any atom is 0.317 e. The summed E-state index contributed by atoms with van der Waals surface area (Å²) in [5, 5.41) is 7.60. The fraction of sp³-hybridized carbons (Fsp3) is 0.565. The number of nitrogens with one attached hydrogen (secondary N) is 1. The molecule has 1 aromatic carbocycles. The Morgan fingerprint density at radius 3 is 2.75 bits per heavy atom. The minimum Gasteiger partial charge on any atom is -0.338 e. The smallest absolute Gasteiger partial charge is 0.317 e. The van der Waals surface area contributed by atoms with Crippen LogP contribution in [0.4, 0.5) is 4.79 Å². The van der Waals surface area contributed by atoms with Gasteiger partial charge < -0.3 is 10.2 Å². The SMILES string of the molecule is Cc1c(C2CN(C(=O)NCCCC3CCCC3)Cc3ccccc32)cnn1C. The summed E-state index contributed by atoms with van der Waals surface area (Å²) in [5.74, 6) is 1.07. The molecule has 1 saturated carbocycles. The van der Waals surface area contributed by atoms with E-state index < -0.39 is 0 Å². The zero-order valence-corrected chi connectivity index (χ0v) is 17.2. The van der Waals surface area contributed by atoms with Gasteiger partial charge in [0, 0.05) is 43.9 Å². The van der Waals surface area contributed by atoms with Crippen molar-refractivity contribution in [2.24, 2.45) is 13.0 Å². The second kappa shape index (κ2) is 8.38. The van der Waals surface area contributed by atoms with Crippen molar-refractivity contribution < 1.29 is 4.79 Å². The van der Waals surface area contributed by atoms with Crippen molar-refractivity contribution in [1.82, 2.24) is 20.0 Å². The van der Waals surface area contributed by atoms with Gasteiger partial charge in [0.1, 0.15) is 0 Å². The topological polar surface area (TPSA) is 50.2 Å². The Labute approximate surface area is 168 Å². The Bertz CT molecular complexity index is 822. The van der Waals surface area contributed by atoms with Crippen molar-refractivity contribution in [1.29, 1.82) is 0 Å².